The topological polar surface area (TPSA) is 86.8 Å². The third kappa shape index (κ3) is 4.90. The molecule has 10 heteroatoms. The standard InChI is InChI=1S/C21H29F2N3O4S/c1-3-11-31(29,30)25-13-19(27)26(18-10-9-15(22)12-17(18)23)21(2,14-25)20(28)24-16-7-5-4-6-8-16/h9-10,12,16H,3-8,11,13-14H2,1-2H3,(H,24,28). The average Bonchev–Trinajstić information content (AvgIpc) is 2.69. The quantitative estimate of drug-likeness (QED) is 0.711. The van der Waals surface area contributed by atoms with Crippen molar-refractivity contribution in [1.29, 1.82) is 0 Å². The molecule has 1 saturated carbocycles. The van der Waals surface area contributed by atoms with Gasteiger partial charge in [-0.3, -0.25) is 14.5 Å². The van der Waals surface area contributed by atoms with Crippen molar-refractivity contribution in [1.82, 2.24) is 9.62 Å². The highest BCUT2D eigenvalue weighted by molar-refractivity contribution is 7.89. The molecule has 1 aromatic rings. The molecule has 0 spiro atoms. The maximum atomic E-state index is 14.6. The van der Waals surface area contributed by atoms with Crippen molar-refractivity contribution in [3.63, 3.8) is 0 Å². The number of carbonyl (C=O) groups excluding carboxylic acids is 2. The molecule has 7 nitrogen and oxygen atoms in total. The van der Waals surface area contributed by atoms with E-state index in [9.17, 15) is 26.8 Å². The summed E-state index contributed by atoms with van der Waals surface area (Å²) in [7, 11) is -3.77. The monoisotopic (exact) mass is 457 g/mol. The number of nitrogens with zero attached hydrogens (tertiary/aromatic N) is 2. The summed E-state index contributed by atoms with van der Waals surface area (Å²) in [6, 6.07) is 2.66. The third-order valence-corrected chi connectivity index (χ3v) is 7.94. The van der Waals surface area contributed by atoms with Gasteiger partial charge in [0, 0.05) is 18.7 Å². The molecule has 0 radical (unpaired) electrons. The van der Waals surface area contributed by atoms with Crippen molar-refractivity contribution < 1.29 is 26.8 Å². The Morgan fingerprint density at radius 1 is 1.23 bits per heavy atom. The molecule has 1 heterocycles. The van der Waals surface area contributed by atoms with Crippen LogP contribution in [0.3, 0.4) is 0 Å². The Balaban J connectivity index is 2.01. The number of benzene rings is 1. The molecule has 2 amide bonds. The van der Waals surface area contributed by atoms with Gasteiger partial charge in [-0.2, -0.15) is 4.31 Å². The normalized spacial score (nSPS) is 23.7. The maximum Gasteiger partial charge on any atom is 0.247 e. The maximum absolute atomic E-state index is 14.6. The number of rotatable bonds is 6. The van der Waals surface area contributed by atoms with E-state index in [2.05, 4.69) is 5.32 Å². The second-order valence-electron chi connectivity index (χ2n) is 8.49. The van der Waals surface area contributed by atoms with Crippen LogP contribution in [-0.2, 0) is 19.6 Å². The lowest BCUT2D eigenvalue weighted by atomic mass is 9.91. The predicted molar refractivity (Wildman–Crippen MR) is 113 cm³/mol. The molecule has 172 valence electrons. The zero-order chi connectivity index (χ0) is 22.8. The molecule has 0 bridgehead atoms. The first kappa shape index (κ1) is 23.6. The Morgan fingerprint density at radius 3 is 2.52 bits per heavy atom. The van der Waals surface area contributed by atoms with E-state index in [0.29, 0.717) is 12.5 Å². The van der Waals surface area contributed by atoms with Crippen LogP contribution in [0.1, 0.15) is 52.4 Å². The van der Waals surface area contributed by atoms with Gasteiger partial charge in [0.2, 0.25) is 21.8 Å². The van der Waals surface area contributed by atoms with E-state index in [1.807, 2.05) is 0 Å². The minimum atomic E-state index is -3.77. The number of sulfonamides is 1. The van der Waals surface area contributed by atoms with Crippen molar-refractivity contribution in [2.75, 3.05) is 23.7 Å². The molecule has 2 fully saturated rings. The van der Waals surface area contributed by atoms with E-state index >= 15 is 0 Å². The van der Waals surface area contributed by atoms with E-state index < -0.39 is 45.6 Å². The number of halogens is 2. The first-order chi connectivity index (χ1) is 14.6. The van der Waals surface area contributed by atoms with Gasteiger partial charge in [-0.15, -0.1) is 0 Å². The summed E-state index contributed by atoms with van der Waals surface area (Å²) < 4.78 is 54.5. The van der Waals surface area contributed by atoms with Gasteiger partial charge in [0.15, 0.2) is 0 Å². The molecule has 1 saturated heterocycles. The number of hydrogen-bond acceptors (Lipinski definition) is 4. The van der Waals surface area contributed by atoms with Gasteiger partial charge in [-0.05, 0) is 38.3 Å². The minimum absolute atomic E-state index is 0.0873. The Hall–Kier alpha value is -2.07. The highest BCUT2D eigenvalue weighted by Crippen LogP contribution is 2.33. The second kappa shape index (κ2) is 9.20. The highest BCUT2D eigenvalue weighted by Gasteiger charge is 2.51. The van der Waals surface area contributed by atoms with Crippen LogP contribution in [0.4, 0.5) is 14.5 Å². The predicted octanol–water partition coefficient (Wildman–Crippen LogP) is 2.56. The third-order valence-electron chi connectivity index (χ3n) is 5.97. The largest absolute Gasteiger partial charge is 0.351 e. The van der Waals surface area contributed by atoms with E-state index in [1.54, 1.807) is 6.92 Å². The molecule has 0 aromatic heterocycles. The summed E-state index contributed by atoms with van der Waals surface area (Å²) in [5.74, 6) is -3.25. The molecule has 1 aliphatic heterocycles. The van der Waals surface area contributed by atoms with Gasteiger partial charge in [-0.25, -0.2) is 17.2 Å². The van der Waals surface area contributed by atoms with Gasteiger partial charge >= 0.3 is 0 Å². The Bertz CT molecular complexity index is 950. The molecular weight excluding hydrogens is 428 g/mol. The minimum Gasteiger partial charge on any atom is -0.351 e. The number of piperazine rings is 1. The van der Waals surface area contributed by atoms with E-state index in [1.165, 1.54) is 6.92 Å². The SMILES string of the molecule is CCCS(=O)(=O)N1CC(=O)N(c2ccc(F)cc2F)C(C)(C(=O)NC2CCCCC2)C1. The van der Waals surface area contributed by atoms with Crippen LogP contribution in [0.15, 0.2) is 18.2 Å². The zero-order valence-electron chi connectivity index (χ0n) is 17.9. The Kier molecular flexibility index (Phi) is 7.00. The summed E-state index contributed by atoms with van der Waals surface area (Å²) >= 11 is 0. The molecule has 1 atom stereocenters. The van der Waals surface area contributed by atoms with Crippen LogP contribution in [0.5, 0.6) is 0 Å². The van der Waals surface area contributed by atoms with Crippen molar-refractivity contribution in [2.45, 2.75) is 64.0 Å². The summed E-state index contributed by atoms with van der Waals surface area (Å²) in [4.78, 5) is 27.5. The lowest BCUT2D eigenvalue weighted by molar-refractivity contribution is -0.133. The summed E-state index contributed by atoms with van der Waals surface area (Å²) in [5.41, 5.74) is -1.94. The highest BCUT2D eigenvalue weighted by atomic mass is 32.2. The molecular formula is C21H29F2N3O4S. The van der Waals surface area contributed by atoms with Crippen LogP contribution >= 0.6 is 0 Å². The molecule has 1 aliphatic carbocycles. The smallest absolute Gasteiger partial charge is 0.247 e. The van der Waals surface area contributed by atoms with Crippen molar-refractivity contribution >= 4 is 27.5 Å². The molecule has 2 aliphatic rings. The number of carbonyl (C=O) groups is 2. The van der Waals surface area contributed by atoms with Crippen molar-refractivity contribution in [3.05, 3.63) is 29.8 Å². The van der Waals surface area contributed by atoms with Gasteiger partial charge in [-0.1, -0.05) is 26.2 Å². The number of anilines is 1. The number of hydrogen-bond donors (Lipinski definition) is 1. The molecule has 1 N–H and O–H groups in total. The van der Waals surface area contributed by atoms with Gasteiger partial charge < -0.3 is 5.32 Å². The van der Waals surface area contributed by atoms with E-state index in [0.717, 1.165) is 53.4 Å². The van der Waals surface area contributed by atoms with Gasteiger partial charge in [0.1, 0.15) is 17.2 Å². The van der Waals surface area contributed by atoms with Crippen LogP contribution < -0.4 is 10.2 Å². The molecule has 1 aromatic carbocycles. The summed E-state index contributed by atoms with van der Waals surface area (Å²) in [6.45, 7) is 2.32. The van der Waals surface area contributed by atoms with Gasteiger partial charge in [0.25, 0.3) is 0 Å². The summed E-state index contributed by atoms with van der Waals surface area (Å²) in [6.07, 6.45) is 4.95. The number of nitrogens with one attached hydrogen (secondary N) is 1. The summed E-state index contributed by atoms with van der Waals surface area (Å²) in [5, 5.41) is 2.93. The van der Waals surface area contributed by atoms with E-state index in [4.69, 9.17) is 0 Å². The van der Waals surface area contributed by atoms with Crippen LogP contribution in [0, 0.1) is 11.6 Å². The second-order valence-corrected chi connectivity index (χ2v) is 10.6. The Morgan fingerprint density at radius 2 is 1.90 bits per heavy atom. The molecule has 1 unspecified atom stereocenters. The Labute approximate surface area is 181 Å². The fourth-order valence-corrected chi connectivity index (χ4v) is 5.90. The molecule has 3 rings (SSSR count). The molecule has 31 heavy (non-hydrogen) atoms. The lowest BCUT2D eigenvalue weighted by Gasteiger charge is -2.47. The zero-order valence-corrected chi connectivity index (χ0v) is 18.7. The van der Waals surface area contributed by atoms with Crippen LogP contribution in [0.25, 0.3) is 0 Å². The fraction of sp³-hybridized carbons (Fsp3) is 0.619. The first-order valence-electron chi connectivity index (χ1n) is 10.7. The average molecular weight is 458 g/mol. The van der Waals surface area contributed by atoms with Crippen molar-refractivity contribution in [3.8, 4) is 0 Å². The first-order valence-corrected chi connectivity index (χ1v) is 12.3. The van der Waals surface area contributed by atoms with Crippen molar-refractivity contribution in [2.24, 2.45) is 0 Å². The van der Waals surface area contributed by atoms with E-state index in [-0.39, 0.29) is 24.0 Å². The van der Waals surface area contributed by atoms with Crippen LogP contribution in [-0.4, -0.2) is 55.0 Å². The number of amides is 2. The van der Waals surface area contributed by atoms with Gasteiger partial charge in [0.05, 0.1) is 18.0 Å². The van der Waals surface area contributed by atoms with Crippen LogP contribution in [0.2, 0.25) is 0 Å². The fourth-order valence-electron chi connectivity index (χ4n) is 4.37. The lowest BCUT2D eigenvalue weighted by Crippen LogP contribution is -2.71.